The van der Waals surface area contributed by atoms with Gasteiger partial charge >= 0.3 is 5.97 Å². The number of hydrogen-bond donors (Lipinski definition) is 2. The van der Waals surface area contributed by atoms with Crippen molar-refractivity contribution in [1.29, 1.82) is 0 Å². The summed E-state index contributed by atoms with van der Waals surface area (Å²) in [5.74, 6) is -4.44. The minimum Gasteiger partial charge on any atom is -0.480 e. The van der Waals surface area contributed by atoms with Crippen molar-refractivity contribution in [3.63, 3.8) is 0 Å². The van der Waals surface area contributed by atoms with Gasteiger partial charge in [-0.1, -0.05) is 0 Å². The molecular formula is C21H24FN3O4. The van der Waals surface area contributed by atoms with Crippen LogP contribution in [0.15, 0.2) is 12.1 Å². The van der Waals surface area contributed by atoms with Gasteiger partial charge in [0.05, 0.1) is 11.7 Å². The maximum atomic E-state index is 13.9. The Morgan fingerprint density at radius 2 is 2.00 bits per heavy atom. The molecule has 2 saturated carbocycles. The number of alkyl halides is 1. The van der Waals surface area contributed by atoms with Crippen molar-refractivity contribution in [2.75, 3.05) is 22.9 Å². The van der Waals surface area contributed by atoms with Crippen LogP contribution in [0.1, 0.15) is 41.6 Å². The van der Waals surface area contributed by atoms with Crippen molar-refractivity contribution in [2.45, 2.75) is 50.4 Å². The van der Waals surface area contributed by atoms with Crippen LogP contribution in [0.3, 0.4) is 0 Å². The quantitative estimate of drug-likeness (QED) is 0.744. The maximum Gasteiger partial charge on any atom is 0.324 e. The molecule has 2 aliphatic heterocycles. The summed E-state index contributed by atoms with van der Waals surface area (Å²) in [6.07, 6.45) is 2.05. The Kier molecular flexibility index (Phi) is 3.84. The molecule has 3 fully saturated rings. The van der Waals surface area contributed by atoms with Crippen molar-refractivity contribution >= 4 is 29.0 Å². The third-order valence-electron chi connectivity index (χ3n) is 7.08. The summed E-state index contributed by atoms with van der Waals surface area (Å²) < 4.78 is 13.9. The lowest BCUT2D eigenvalue weighted by molar-refractivity contribution is -0.144. The number of nitrogens with two attached hydrogens (primary N) is 1. The Morgan fingerprint density at radius 1 is 1.31 bits per heavy atom. The highest BCUT2D eigenvalue weighted by Crippen LogP contribution is 2.48. The van der Waals surface area contributed by atoms with Gasteiger partial charge in [0.25, 0.3) is 0 Å². The smallest absolute Gasteiger partial charge is 0.324 e. The van der Waals surface area contributed by atoms with Crippen molar-refractivity contribution in [3.05, 3.63) is 23.3 Å². The summed E-state index contributed by atoms with van der Waals surface area (Å²) in [5.41, 5.74) is 8.48. The molecule has 1 saturated heterocycles. The summed E-state index contributed by atoms with van der Waals surface area (Å²) in [4.78, 5) is 40.6. The first-order valence-electron chi connectivity index (χ1n) is 10.1. The standard InChI is InChI=1S/C21H24FN3O4/c1-10-14(24-7-4-11(9-24)21(23)5-6-21)3-2-12-17(10)25(15-8-13(15)22)19(27)16(18(12)26)20(28)29/h2-3,11,13,15-16H,4-9,23H2,1H3,(H,28,29)/t11-,13+,15-,16?/m1/s1. The maximum absolute atomic E-state index is 13.9. The van der Waals surface area contributed by atoms with Gasteiger partial charge in [-0.3, -0.25) is 14.4 Å². The Bertz CT molecular complexity index is 944. The Balaban J connectivity index is 1.56. The number of amides is 1. The first kappa shape index (κ1) is 18.5. The van der Waals surface area contributed by atoms with Crippen LogP contribution in [0.5, 0.6) is 0 Å². The summed E-state index contributed by atoms with van der Waals surface area (Å²) in [5, 5.41) is 9.42. The molecule has 4 atom stereocenters. The molecule has 0 aromatic heterocycles. The van der Waals surface area contributed by atoms with Gasteiger partial charge < -0.3 is 20.6 Å². The first-order valence-corrected chi connectivity index (χ1v) is 10.1. The van der Waals surface area contributed by atoms with Crippen LogP contribution < -0.4 is 15.5 Å². The van der Waals surface area contributed by atoms with Crippen molar-refractivity contribution in [1.82, 2.24) is 0 Å². The fourth-order valence-electron chi connectivity index (χ4n) is 5.03. The van der Waals surface area contributed by atoms with Crippen LogP contribution in [0, 0.1) is 18.8 Å². The van der Waals surface area contributed by atoms with Crippen LogP contribution in [0.2, 0.25) is 0 Å². The monoisotopic (exact) mass is 401 g/mol. The number of rotatable bonds is 4. The highest BCUT2D eigenvalue weighted by Gasteiger charge is 2.54. The van der Waals surface area contributed by atoms with Crippen LogP contribution in [-0.2, 0) is 9.59 Å². The van der Waals surface area contributed by atoms with Crippen LogP contribution in [0.4, 0.5) is 15.8 Å². The van der Waals surface area contributed by atoms with Crippen LogP contribution in [-0.4, -0.2) is 53.6 Å². The lowest BCUT2D eigenvalue weighted by Gasteiger charge is -2.35. The highest BCUT2D eigenvalue weighted by atomic mass is 19.1. The molecule has 0 radical (unpaired) electrons. The Hall–Kier alpha value is -2.48. The van der Waals surface area contributed by atoms with Gasteiger partial charge in [-0.15, -0.1) is 0 Å². The van der Waals surface area contributed by atoms with E-state index in [1.54, 1.807) is 6.07 Å². The number of carboxylic acid groups (broad SMARTS) is 1. The summed E-state index contributed by atoms with van der Waals surface area (Å²) in [6, 6.07) is 2.71. The third kappa shape index (κ3) is 2.68. The Morgan fingerprint density at radius 3 is 2.59 bits per heavy atom. The highest BCUT2D eigenvalue weighted by molar-refractivity contribution is 6.30. The van der Waals surface area contributed by atoms with E-state index in [4.69, 9.17) is 5.73 Å². The lowest BCUT2D eigenvalue weighted by Crippen LogP contribution is -2.50. The van der Waals surface area contributed by atoms with E-state index >= 15 is 0 Å². The molecule has 2 aliphatic carbocycles. The average molecular weight is 401 g/mol. The molecular weight excluding hydrogens is 377 g/mol. The molecule has 5 rings (SSSR count). The van der Waals surface area contributed by atoms with Crippen molar-refractivity contribution in [3.8, 4) is 0 Å². The zero-order valence-electron chi connectivity index (χ0n) is 16.2. The van der Waals surface area contributed by atoms with Gasteiger partial charge in [0.1, 0.15) is 6.17 Å². The molecule has 1 aromatic rings. The van der Waals surface area contributed by atoms with E-state index in [1.165, 1.54) is 4.90 Å². The zero-order valence-corrected chi connectivity index (χ0v) is 16.2. The van der Waals surface area contributed by atoms with Gasteiger partial charge in [-0.05, 0) is 49.8 Å². The van der Waals surface area contributed by atoms with E-state index in [-0.39, 0.29) is 17.5 Å². The number of nitrogens with zero attached hydrogens (tertiary/aromatic N) is 2. The summed E-state index contributed by atoms with van der Waals surface area (Å²) in [7, 11) is 0. The number of fused-ring (bicyclic) bond motifs is 1. The number of benzene rings is 1. The van der Waals surface area contributed by atoms with E-state index in [0.717, 1.165) is 43.6 Å². The number of aliphatic carboxylic acids is 1. The fraction of sp³-hybridized carbons (Fsp3) is 0.571. The minimum absolute atomic E-state index is 0.0704. The number of carboxylic acids is 1. The lowest BCUT2D eigenvalue weighted by atomic mass is 9.87. The molecule has 0 bridgehead atoms. The molecule has 0 spiro atoms. The minimum atomic E-state index is -1.80. The summed E-state index contributed by atoms with van der Waals surface area (Å²) >= 11 is 0. The van der Waals surface area contributed by atoms with Crippen molar-refractivity contribution < 1.29 is 23.9 Å². The predicted molar refractivity (Wildman–Crippen MR) is 104 cm³/mol. The summed E-state index contributed by atoms with van der Waals surface area (Å²) in [6.45, 7) is 3.46. The number of carbonyl (C=O) groups excluding carboxylic acids is 2. The van der Waals surface area contributed by atoms with E-state index in [2.05, 4.69) is 4.90 Å². The van der Waals surface area contributed by atoms with E-state index in [9.17, 15) is 23.9 Å². The molecule has 1 unspecified atom stereocenters. The first-order chi connectivity index (χ1) is 13.7. The zero-order chi connectivity index (χ0) is 20.7. The second-order valence-corrected chi connectivity index (χ2v) is 8.93. The number of ketones is 1. The van der Waals surface area contributed by atoms with Gasteiger partial charge in [0.15, 0.2) is 11.7 Å². The second-order valence-electron chi connectivity index (χ2n) is 8.93. The van der Waals surface area contributed by atoms with Crippen molar-refractivity contribution in [2.24, 2.45) is 17.6 Å². The van der Waals surface area contributed by atoms with E-state index in [1.807, 2.05) is 13.0 Å². The molecule has 3 N–H and O–H groups in total. The van der Waals surface area contributed by atoms with Gasteiger partial charge in [0, 0.05) is 36.3 Å². The normalized spacial score (nSPS) is 32.4. The van der Waals surface area contributed by atoms with Gasteiger partial charge in [-0.2, -0.15) is 0 Å². The molecule has 7 nitrogen and oxygen atoms in total. The van der Waals surface area contributed by atoms with Crippen LogP contribution in [0.25, 0.3) is 0 Å². The van der Waals surface area contributed by atoms with Gasteiger partial charge in [-0.25, -0.2) is 4.39 Å². The second kappa shape index (κ2) is 6.01. The molecule has 2 heterocycles. The molecule has 4 aliphatic rings. The third-order valence-corrected chi connectivity index (χ3v) is 7.08. The SMILES string of the molecule is Cc1c(N2CC[C@@H](C3(N)CC3)C2)ccc2c1N([C@@H]1C[C@@H]1F)C(=O)C(C(=O)O)C2=O. The Labute approximate surface area is 167 Å². The van der Waals surface area contributed by atoms with E-state index < -0.39 is 35.8 Å². The van der Waals surface area contributed by atoms with Crippen LogP contribution >= 0.6 is 0 Å². The fourth-order valence-corrected chi connectivity index (χ4v) is 5.03. The molecule has 29 heavy (non-hydrogen) atoms. The molecule has 154 valence electrons. The van der Waals surface area contributed by atoms with E-state index in [0.29, 0.717) is 11.6 Å². The number of hydrogen-bond acceptors (Lipinski definition) is 5. The predicted octanol–water partition coefficient (Wildman–Crippen LogP) is 1.65. The number of anilines is 2. The number of Topliss-reactive ketones (excluding diaryl/α,β-unsaturated/α-hetero) is 1. The number of carbonyl (C=O) groups is 3. The average Bonchev–Trinajstić information content (AvgIpc) is 3.52. The topological polar surface area (TPSA) is 104 Å². The molecule has 1 amide bonds. The van der Waals surface area contributed by atoms with Gasteiger partial charge in [0.2, 0.25) is 5.91 Å². The molecule has 8 heteroatoms. The number of halogens is 1. The molecule has 1 aromatic carbocycles. The largest absolute Gasteiger partial charge is 0.480 e.